The van der Waals surface area contributed by atoms with E-state index in [9.17, 15) is 9.59 Å². The van der Waals surface area contributed by atoms with Gasteiger partial charge >= 0.3 is 0 Å². The van der Waals surface area contributed by atoms with E-state index >= 15 is 0 Å². The van der Waals surface area contributed by atoms with E-state index < -0.39 is 0 Å². The van der Waals surface area contributed by atoms with Gasteiger partial charge in [0.05, 0.1) is 12.0 Å². The number of imide groups is 1. The van der Waals surface area contributed by atoms with Crippen molar-refractivity contribution in [2.75, 3.05) is 14.2 Å². The smallest absolute Gasteiger partial charge is 0.293 e. The van der Waals surface area contributed by atoms with Crippen LogP contribution < -0.4 is 4.74 Å². The molecule has 1 aliphatic heterocycles. The molecule has 1 aromatic rings. The second-order valence-corrected chi connectivity index (χ2v) is 6.79. The van der Waals surface area contributed by atoms with Crippen LogP contribution in [0.3, 0.4) is 0 Å². The molecule has 20 heavy (non-hydrogen) atoms. The van der Waals surface area contributed by atoms with E-state index in [0.717, 1.165) is 38.0 Å². The Morgan fingerprint density at radius 1 is 1.35 bits per heavy atom. The highest BCUT2D eigenvalue weighted by Crippen LogP contribution is 2.42. The molecule has 0 N–H and O–H groups in total. The van der Waals surface area contributed by atoms with Crippen LogP contribution in [0.2, 0.25) is 0 Å². The number of hydrogen-bond acceptors (Lipinski definition) is 4. The van der Waals surface area contributed by atoms with Crippen LogP contribution >= 0.6 is 43.6 Å². The van der Waals surface area contributed by atoms with Crippen LogP contribution in [-0.4, -0.2) is 30.2 Å². The first-order chi connectivity index (χ1) is 9.36. The Labute approximate surface area is 137 Å². The molecule has 7 heteroatoms. The fourth-order valence-electron chi connectivity index (χ4n) is 1.74. The highest BCUT2D eigenvalue weighted by molar-refractivity contribution is 9.15. The second kappa shape index (κ2) is 5.91. The monoisotopic (exact) mass is 419 g/mol. The summed E-state index contributed by atoms with van der Waals surface area (Å²) in [6.07, 6.45) is 0. The first kappa shape index (κ1) is 15.6. The summed E-state index contributed by atoms with van der Waals surface area (Å²) < 4.78 is 6.69. The molecule has 0 spiro atoms. The van der Waals surface area contributed by atoms with Gasteiger partial charge in [0, 0.05) is 21.6 Å². The number of carbonyl (C=O) groups excluding carboxylic acids is 2. The van der Waals surface area contributed by atoms with Crippen molar-refractivity contribution in [2.24, 2.45) is 0 Å². The molecule has 0 saturated carbocycles. The van der Waals surface area contributed by atoms with Crippen LogP contribution in [0.4, 0.5) is 4.79 Å². The summed E-state index contributed by atoms with van der Waals surface area (Å²) in [6, 6.07) is 3.73. The summed E-state index contributed by atoms with van der Waals surface area (Å²) in [6.45, 7) is 1.93. The van der Waals surface area contributed by atoms with Gasteiger partial charge in [0.25, 0.3) is 11.1 Å². The number of methoxy groups -OCH3 is 1. The van der Waals surface area contributed by atoms with E-state index in [1.54, 1.807) is 7.11 Å². The number of ether oxygens (including phenoxy) is 1. The van der Waals surface area contributed by atoms with Crippen molar-refractivity contribution in [1.29, 1.82) is 0 Å². The standard InChI is InChI=1S/C13H11Br2NO3S/c1-6-4-8(14)7(5-9(6)19-3)10(15)11-12(17)16(2)13(18)20-11/h4-5H,1-3H3/b11-10+. The van der Waals surface area contributed by atoms with Gasteiger partial charge < -0.3 is 4.74 Å². The minimum absolute atomic E-state index is 0.280. The predicted molar refractivity (Wildman–Crippen MR) is 87.0 cm³/mol. The molecule has 0 aliphatic carbocycles. The van der Waals surface area contributed by atoms with Gasteiger partial charge in [-0.3, -0.25) is 14.5 Å². The highest BCUT2D eigenvalue weighted by Gasteiger charge is 2.34. The summed E-state index contributed by atoms with van der Waals surface area (Å²) >= 11 is 7.81. The van der Waals surface area contributed by atoms with Gasteiger partial charge in [-0.15, -0.1) is 0 Å². The summed E-state index contributed by atoms with van der Waals surface area (Å²) in [5.74, 6) is 0.411. The Balaban J connectivity index is 2.57. The van der Waals surface area contributed by atoms with Crippen LogP contribution in [0, 0.1) is 6.92 Å². The lowest BCUT2D eigenvalue weighted by atomic mass is 10.1. The van der Waals surface area contributed by atoms with E-state index in [-0.39, 0.29) is 11.1 Å². The molecule has 0 bridgehead atoms. The summed E-state index contributed by atoms with van der Waals surface area (Å²) in [5.41, 5.74) is 1.75. The van der Waals surface area contributed by atoms with Gasteiger partial charge in [-0.1, -0.05) is 15.9 Å². The van der Waals surface area contributed by atoms with Gasteiger partial charge in [0.2, 0.25) is 0 Å². The number of rotatable bonds is 2. The van der Waals surface area contributed by atoms with Crippen molar-refractivity contribution in [3.8, 4) is 5.75 Å². The van der Waals surface area contributed by atoms with Crippen LogP contribution in [-0.2, 0) is 4.79 Å². The zero-order chi connectivity index (χ0) is 15.0. The molecule has 1 fully saturated rings. The second-order valence-electron chi connectivity index (χ2n) is 4.18. The molecule has 1 heterocycles. The Morgan fingerprint density at radius 3 is 2.50 bits per heavy atom. The fraction of sp³-hybridized carbons (Fsp3) is 0.231. The SMILES string of the molecule is COc1cc(/C(Br)=C2\SC(=O)N(C)C2=O)c(Br)cc1C. The van der Waals surface area contributed by atoms with Gasteiger partial charge in [0.1, 0.15) is 5.75 Å². The van der Waals surface area contributed by atoms with Crippen LogP contribution in [0.25, 0.3) is 4.48 Å². The number of halogens is 2. The summed E-state index contributed by atoms with van der Waals surface area (Å²) in [5, 5.41) is -0.280. The molecule has 0 unspecified atom stereocenters. The van der Waals surface area contributed by atoms with Crippen molar-refractivity contribution in [3.63, 3.8) is 0 Å². The van der Waals surface area contributed by atoms with Crippen molar-refractivity contribution in [2.45, 2.75) is 6.92 Å². The van der Waals surface area contributed by atoms with Gasteiger partial charge in [0.15, 0.2) is 0 Å². The minimum atomic E-state index is -0.307. The Morgan fingerprint density at radius 2 is 2.00 bits per heavy atom. The zero-order valence-corrected chi connectivity index (χ0v) is 15.0. The zero-order valence-electron chi connectivity index (χ0n) is 11.0. The average molecular weight is 421 g/mol. The quantitative estimate of drug-likeness (QED) is 0.674. The van der Waals surface area contributed by atoms with Crippen molar-refractivity contribution < 1.29 is 14.3 Å². The normalized spacial score (nSPS) is 17.8. The predicted octanol–water partition coefficient (Wildman–Crippen LogP) is 4.15. The summed E-state index contributed by atoms with van der Waals surface area (Å²) in [4.78, 5) is 25.1. The topological polar surface area (TPSA) is 46.6 Å². The third-order valence-corrected chi connectivity index (χ3v) is 5.66. The van der Waals surface area contributed by atoms with E-state index in [1.807, 2.05) is 19.1 Å². The van der Waals surface area contributed by atoms with E-state index in [2.05, 4.69) is 31.9 Å². The maximum atomic E-state index is 12.0. The van der Waals surface area contributed by atoms with Crippen molar-refractivity contribution >= 4 is 59.3 Å². The lowest BCUT2D eigenvalue weighted by Crippen LogP contribution is -2.22. The Hall–Kier alpha value is -0.790. The Bertz CT molecular complexity index is 643. The van der Waals surface area contributed by atoms with Crippen LogP contribution in [0.5, 0.6) is 5.75 Å². The van der Waals surface area contributed by atoms with Gasteiger partial charge in [-0.2, -0.15) is 0 Å². The molecular formula is C13H11Br2NO3S. The highest BCUT2D eigenvalue weighted by atomic mass is 79.9. The van der Waals surface area contributed by atoms with Gasteiger partial charge in [-0.05, 0) is 52.3 Å². The molecule has 1 saturated heterocycles. The average Bonchev–Trinajstić information content (AvgIpc) is 2.66. The molecule has 4 nitrogen and oxygen atoms in total. The van der Waals surface area contributed by atoms with E-state index in [1.165, 1.54) is 7.05 Å². The molecule has 106 valence electrons. The first-order valence-corrected chi connectivity index (χ1v) is 8.01. The molecule has 0 atom stereocenters. The third-order valence-electron chi connectivity index (χ3n) is 2.88. The van der Waals surface area contributed by atoms with E-state index in [4.69, 9.17) is 4.74 Å². The number of hydrogen-bond donors (Lipinski definition) is 0. The van der Waals surface area contributed by atoms with Crippen LogP contribution in [0.15, 0.2) is 21.5 Å². The Kier molecular flexibility index (Phi) is 4.61. The van der Waals surface area contributed by atoms with Gasteiger partial charge in [-0.25, -0.2) is 0 Å². The minimum Gasteiger partial charge on any atom is -0.496 e. The number of thioether (sulfide) groups is 1. The van der Waals surface area contributed by atoms with Crippen LogP contribution in [0.1, 0.15) is 11.1 Å². The van der Waals surface area contributed by atoms with Crippen molar-refractivity contribution in [1.82, 2.24) is 4.90 Å². The lowest BCUT2D eigenvalue weighted by Gasteiger charge is -2.11. The number of likely N-dealkylation sites (N-methyl/N-ethyl adjacent to an activating group) is 1. The molecule has 2 rings (SSSR count). The number of nitrogens with zero attached hydrogens (tertiary/aromatic N) is 1. The third kappa shape index (κ3) is 2.66. The maximum Gasteiger partial charge on any atom is 0.293 e. The lowest BCUT2D eigenvalue weighted by molar-refractivity contribution is -0.121. The maximum absolute atomic E-state index is 12.0. The largest absolute Gasteiger partial charge is 0.496 e. The molecule has 1 aromatic carbocycles. The molecular weight excluding hydrogens is 410 g/mol. The number of carbonyl (C=O) groups is 2. The number of amides is 2. The summed E-state index contributed by atoms with van der Waals surface area (Å²) in [7, 11) is 3.06. The molecule has 2 amide bonds. The first-order valence-electron chi connectivity index (χ1n) is 5.61. The molecule has 1 aliphatic rings. The van der Waals surface area contributed by atoms with Crippen molar-refractivity contribution in [3.05, 3.63) is 32.6 Å². The fourth-order valence-corrected chi connectivity index (χ4v) is 4.22. The number of aryl methyl sites for hydroxylation is 1. The van der Waals surface area contributed by atoms with E-state index in [0.29, 0.717) is 9.39 Å². The molecule has 0 aromatic heterocycles. The number of benzene rings is 1. The molecule has 0 radical (unpaired) electrons.